The van der Waals surface area contributed by atoms with Crippen molar-refractivity contribution in [2.75, 3.05) is 17.6 Å². The molecule has 0 radical (unpaired) electrons. The van der Waals surface area contributed by atoms with Crippen molar-refractivity contribution in [3.05, 3.63) is 35.9 Å². The average molecular weight is 360 g/mol. The molecule has 1 aromatic carbocycles. The molecule has 0 bridgehead atoms. The third-order valence-corrected chi connectivity index (χ3v) is 4.49. The lowest BCUT2D eigenvalue weighted by molar-refractivity contribution is -0.167. The largest absolute Gasteiger partial charge is 0.353 e. The van der Waals surface area contributed by atoms with E-state index in [9.17, 15) is 0 Å². The fourth-order valence-corrected chi connectivity index (χ4v) is 2.76. The van der Waals surface area contributed by atoms with Gasteiger partial charge in [-0.25, -0.2) is 0 Å². The summed E-state index contributed by atoms with van der Waals surface area (Å²) in [6.07, 6.45) is 4.60. The summed E-state index contributed by atoms with van der Waals surface area (Å²) < 4.78 is 12.6. The maximum Gasteiger partial charge on any atom is 0.157 e. The van der Waals surface area contributed by atoms with E-state index in [0.29, 0.717) is 5.92 Å². The van der Waals surface area contributed by atoms with Crippen molar-refractivity contribution in [3.63, 3.8) is 0 Å². The molecule has 2 atom stereocenters. The van der Waals surface area contributed by atoms with Crippen molar-refractivity contribution < 1.29 is 9.47 Å². The first-order valence-corrected chi connectivity index (χ1v) is 8.24. The van der Waals surface area contributed by atoms with Crippen LogP contribution in [-0.2, 0) is 15.9 Å². The molecule has 0 N–H and O–H groups in total. The highest BCUT2D eigenvalue weighted by molar-refractivity contribution is 14.1. The van der Waals surface area contributed by atoms with Crippen molar-refractivity contribution in [2.24, 2.45) is 5.92 Å². The maximum atomic E-state index is 5.88. The first-order chi connectivity index (χ1) is 8.88. The Morgan fingerprint density at radius 1 is 1.28 bits per heavy atom. The van der Waals surface area contributed by atoms with Gasteiger partial charge in [0.25, 0.3) is 0 Å². The Balaban J connectivity index is 1.75. The van der Waals surface area contributed by atoms with Gasteiger partial charge in [-0.1, -0.05) is 52.9 Å². The van der Waals surface area contributed by atoms with E-state index < -0.39 is 0 Å². The first-order valence-electron chi connectivity index (χ1n) is 6.71. The van der Waals surface area contributed by atoms with Crippen LogP contribution in [0, 0.1) is 5.92 Å². The number of benzene rings is 1. The summed E-state index contributed by atoms with van der Waals surface area (Å²) in [6.45, 7) is 1.67. The van der Waals surface area contributed by atoms with Crippen LogP contribution in [0.15, 0.2) is 30.3 Å². The van der Waals surface area contributed by atoms with Gasteiger partial charge in [-0.05, 0) is 37.2 Å². The highest BCUT2D eigenvalue weighted by Gasteiger charge is 2.16. The van der Waals surface area contributed by atoms with Gasteiger partial charge >= 0.3 is 0 Å². The van der Waals surface area contributed by atoms with Crippen LogP contribution in [0.25, 0.3) is 0 Å². The Bertz CT molecular complexity index is 323. The van der Waals surface area contributed by atoms with Gasteiger partial charge in [-0.15, -0.1) is 0 Å². The van der Waals surface area contributed by atoms with Gasteiger partial charge in [-0.2, -0.15) is 0 Å². The van der Waals surface area contributed by atoms with Crippen LogP contribution in [0.4, 0.5) is 0 Å². The predicted molar refractivity (Wildman–Crippen MR) is 82.1 cm³/mol. The number of hydrogen-bond acceptors (Lipinski definition) is 2. The molecule has 1 heterocycles. The minimum absolute atomic E-state index is 0.0416. The lowest BCUT2D eigenvalue weighted by atomic mass is 10.0. The molecule has 3 heteroatoms. The molecule has 100 valence electrons. The lowest BCUT2D eigenvalue weighted by Crippen LogP contribution is -2.26. The number of halogens is 1. The second-order valence-corrected chi connectivity index (χ2v) is 5.72. The van der Waals surface area contributed by atoms with Crippen LogP contribution in [0.1, 0.15) is 24.8 Å². The molecule has 2 rings (SSSR count). The van der Waals surface area contributed by atoms with Gasteiger partial charge in [-0.3, -0.25) is 0 Å². The van der Waals surface area contributed by atoms with Gasteiger partial charge in [0.2, 0.25) is 0 Å². The molecule has 1 aromatic rings. The van der Waals surface area contributed by atoms with Crippen molar-refractivity contribution in [1.29, 1.82) is 0 Å². The summed E-state index contributed by atoms with van der Waals surface area (Å²) >= 11 is 2.45. The van der Waals surface area contributed by atoms with Crippen molar-refractivity contribution in [1.82, 2.24) is 0 Å². The molecular formula is C15H21IO2. The summed E-state index contributed by atoms with van der Waals surface area (Å²) in [5.74, 6) is 0.582. The summed E-state index contributed by atoms with van der Waals surface area (Å²) in [6, 6.07) is 10.6. The molecule has 2 nitrogen and oxygen atoms in total. The van der Waals surface area contributed by atoms with Gasteiger partial charge in [0.05, 0.1) is 6.61 Å². The average Bonchev–Trinajstić information content (AvgIpc) is 2.45. The zero-order valence-corrected chi connectivity index (χ0v) is 12.8. The molecule has 0 aliphatic carbocycles. The quantitative estimate of drug-likeness (QED) is 0.567. The van der Waals surface area contributed by atoms with Gasteiger partial charge < -0.3 is 9.47 Å². The minimum Gasteiger partial charge on any atom is -0.353 e. The summed E-state index contributed by atoms with van der Waals surface area (Å²) in [5.41, 5.74) is 1.40. The zero-order valence-electron chi connectivity index (χ0n) is 10.7. The lowest BCUT2D eigenvalue weighted by Gasteiger charge is -2.25. The topological polar surface area (TPSA) is 18.5 Å². The Morgan fingerprint density at radius 3 is 2.78 bits per heavy atom. The molecule has 0 aromatic heterocycles. The summed E-state index contributed by atoms with van der Waals surface area (Å²) in [7, 11) is 0. The molecule has 1 aliphatic heterocycles. The Kier molecular flexibility index (Phi) is 6.45. The second-order valence-electron chi connectivity index (χ2n) is 4.84. The molecule has 1 fully saturated rings. The van der Waals surface area contributed by atoms with Gasteiger partial charge in [0.15, 0.2) is 6.29 Å². The monoisotopic (exact) mass is 360 g/mol. The highest BCUT2D eigenvalue weighted by atomic mass is 127. The van der Waals surface area contributed by atoms with E-state index in [2.05, 4.69) is 52.9 Å². The number of alkyl halides is 1. The predicted octanol–water partition coefficient (Wildman–Crippen LogP) is 3.82. The van der Waals surface area contributed by atoms with E-state index in [1.54, 1.807) is 0 Å². The van der Waals surface area contributed by atoms with Crippen LogP contribution in [0.3, 0.4) is 0 Å². The van der Waals surface area contributed by atoms with E-state index in [0.717, 1.165) is 30.5 Å². The van der Waals surface area contributed by atoms with Crippen molar-refractivity contribution >= 4 is 22.6 Å². The molecule has 0 amide bonds. The first kappa shape index (κ1) is 14.3. The fourth-order valence-electron chi connectivity index (χ4n) is 2.19. The molecule has 0 saturated carbocycles. The van der Waals surface area contributed by atoms with Crippen LogP contribution < -0.4 is 0 Å². The van der Waals surface area contributed by atoms with E-state index in [1.807, 2.05) is 0 Å². The van der Waals surface area contributed by atoms with Crippen LogP contribution in [-0.4, -0.2) is 23.9 Å². The van der Waals surface area contributed by atoms with E-state index in [4.69, 9.17) is 9.47 Å². The molecule has 0 spiro atoms. The van der Waals surface area contributed by atoms with E-state index in [1.165, 1.54) is 18.4 Å². The molecule has 2 unspecified atom stereocenters. The SMILES string of the molecule is ICC(COC1CCCCO1)Cc1ccccc1. The van der Waals surface area contributed by atoms with E-state index in [-0.39, 0.29) is 6.29 Å². The summed E-state index contributed by atoms with van der Waals surface area (Å²) in [4.78, 5) is 0. The number of rotatable bonds is 6. The number of ether oxygens (including phenoxy) is 2. The zero-order chi connectivity index (χ0) is 12.6. The standard InChI is InChI=1S/C15H21IO2/c16-11-14(10-13-6-2-1-3-7-13)12-18-15-8-4-5-9-17-15/h1-3,6-7,14-15H,4-5,8-12H2. The van der Waals surface area contributed by atoms with Gasteiger partial charge in [0, 0.05) is 11.0 Å². The third-order valence-electron chi connectivity index (χ3n) is 3.24. The van der Waals surface area contributed by atoms with E-state index >= 15 is 0 Å². The van der Waals surface area contributed by atoms with Crippen molar-refractivity contribution in [3.8, 4) is 0 Å². The highest BCUT2D eigenvalue weighted by Crippen LogP contribution is 2.17. The number of hydrogen-bond donors (Lipinski definition) is 0. The van der Waals surface area contributed by atoms with Gasteiger partial charge in [0.1, 0.15) is 0 Å². The molecule has 1 saturated heterocycles. The second kappa shape index (κ2) is 8.12. The minimum atomic E-state index is 0.0416. The third kappa shape index (κ3) is 4.86. The molecule has 18 heavy (non-hydrogen) atoms. The van der Waals surface area contributed by atoms with Crippen LogP contribution in [0.2, 0.25) is 0 Å². The Morgan fingerprint density at radius 2 is 2.11 bits per heavy atom. The molecule has 1 aliphatic rings. The fraction of sp³-hybridized carbons (Fsp3) is 0.600. The molecular weight excluding hydrogens is 339 g/mol. The Hall–Kier alpha value is -0.130. The van der Waals surface area contributed by atoms with Crippen LogP contribution >= 0.6 is 22.6 Å². The normalized spacial score (nSPS) is 21.7. The smallest absolute Gasteiger partial charge is 0.157 e. The van der Waals surface area contributed by atoms with Crippen molar-refractivity contribution in [2.45, 2.75) is 32.0 Å². The summed E-state index contributed by atoms with van der Waals surface area (Å²) in [5, 5.41) is 0. The Labute approximate surface area is 123 Å². The van der Waals surface area contributed by atoms with Crippen LogP contribution in [0.5, 0.6) is 0 Å². The maximum absolute atomic E-state index is 5.88.